The van der Waals surface area contributed by atoms with Crippen LogP contribution < -0.4 is 4.31 Å². The van der Waals surface area contributed by atoms with Gasteiger partial charge in [-0.3, -0.25) is 9.10 Å². The number of carboxylic acids is 1. The Morgan fingerprint density at radius 2 is 1.88 bits per heavy atom. The van der Waals surface area contributed by atoms with Gasteiger partial charge in [0, 0.05) is 24.1 Å². The van der Waals surface area contributed by atoms with Crippen LogP contribution in [0.15, 0.2) is 30.3 Å². The Kier molecular flexibility index (Phi) is 7.74. The summed E-state index contributed by atoms with van der Waals surface area (Å²) in [6.45, 7) is 4.06. The summed E-state index contributed by atoms with van der Waals surface area (Å²) < 4.78 is 39.7. The van der Waals surface area contributed by atoms with Gasteiger partial charge in [-0.15, -0.1) is 0 Å². The number of carbonyl (C=O) groups is 1. The van der Waals surface area contributed by atoms with Gasteiger partial charge in [-0.1, -0.05) is 38.1 Å². The van der Waals surface area contributed by atoms with Gasteiger partial charge < -0.3 is 15.3 Å². The highest BCUT2D eigenvalue weighted by atomic mass is 32.2. The van der Waals surface area contributed by atoms with Gasteiger partial charge in [0.2, 0.25) is 10.0 Å². The molecule has 2 heterocycles. The van der Waals surface area contributed by atoms with Crippen molar-refractivity contribution in [2.24, 2.45) is 0 Å². The minimum atomic E-state index is -3.55. The standard InChI is InChI=1S/C24H29FN2O6S/c1-14(2)23-19(9-8-17(28)12-18(29)13-21(30)31)22(15-4-6-16(25)7-5-15)20-10-11-27(24(20)26-23)34(3,32)33/h4-9,14,17-18,28-29H,10-13H2,1-3H3,(H,30,31)/b9-8+/t17-,18-/m1/s1. The van der Waals surface area contributed by atoms with Gasteiger partial charge in [0.1, 0.15) is 11.6 Å². The molecule has 0 spiro atoms. The maximum atomic E-state index is 13.7. The highest BCUT2D eigenvalue weighted by Crippen LogP contribution is 2.42. The number of hydrogen-bond donors (Lipinski definition) is 3. The summed E-state index contributed by atoms with van der Waals surface area (Å²) in [7, 11) is -3.55. The Morgan fingerprint density at radius 1 is 1.24 bits per heavy atom. The molecule has 0 saturated carbocycles. The molecule has 0 aliphatic carbocycles. The molecule has 0 unspecified atom stereocenters. The molecule has 0 fully saturated rings. The highest BCUT2D eigenvalue weighted by molar-refractivity contribution is 7.92. The van der Waals surface area contributed by atoms with E-state index in [0.717, 1.165) is 6.26 Å². The summed E-state index contributed by atoms with van der Waals surface area (Å²) in [4.78, 5) is 15.5. The Morgan fingerprint density at radius 3 is 2.44 bits per heavy atom. The average Bonchev–Trinajstić information content (AvgIpc) is 3.15. The minimum absolute atomic E-state index is 0.110. The monoisotopic (exact) mass is 492 g/mol. The fourth-order valence-electron chi connectivity index (χ4n) is 4.13. The van der Waals surface area contributed by atoms with Crippen molar-refractivity contribution in [1.29, 1.82) is 0 Å². The van der Waals surface area contributed by atoms with Crippen LogP contribution in [0.4, 0.5) is 10.2 Å². The van der Waals surface area contributed by atoms with Crippen LogP contribution >= 0.6 is 0 Å². The fourth-order valence-corrected chi connectivity index (χ4v) is 5.02. The molecule has 0 radical (unpaired) electrons. The maximum absolute atomic E-state index is 13.7. The molecule has 184 valence electrons. The molecule has 8 nitrogen and oxygen atoms in total. The Hall–Kier alpha value is -2.82. The average molecular weight is 493 g/mol. The van der Waals surface area contributed by atoms with Gasteiger partial charge in [-0.2, -0.15) is 0 Å². The number of aliphatic carboxylic acids is 1. The summed E-state index contributed by atoms with van der Waals surface area (Å²) in [6, 6.07) is 5.88. The molecule has 2 aromatic rings. The largest absolute Gasteiger partial charge is 0.481 e. The lowest BCUT2D eigenvalue weighted by atomic mass is 9.89. The van der Waals surface area contributed by atoms with Crippen molar-refractivity contribution >= 4 is 27.9 Å². The lowest BCUT2D eigenvalue weighted by molar-refractivity contribution is -0.139. The van der Waals surface area contributed by atoms with Gasteiger partial charge in [0.15, 0.2) is 0 Å². The van der Waals surface area contributed by atoms with Crippen LogP contribution in [0.3, 0.4) is 0 Å². The second kappa shape index (κ2) is 10.2. The minimum Gasteiger partial charge on any atom is -0.481 e. The van der Waals surface area contributed by atoms with Crippen molar-refractivity contribution in [3.8, 4) is 11.1 Å². The van der Waals surface area contributed by atoms with Crippen molar-refractivity contribution in [3.05, 3.63) is 53.0 Å². The lowest BCUT2D eigenvalue weighted by Crippen LogP contribution is -2.28. The van der Waals surface area contributed by atoms with Crippen LogP contribution in [0, 0.1) is 5.82 Å². The van der Waals surface area contributed by atoms with Gasteiger partial charge in [0.05, 0.1) is 30.6 Å². The van der Waals surface area contributed by atoms with Crippen molar-refractivity contribution in [3.63, 3.8) is 0 Å². The van der Waals surface area contributed by atoms with E-state index in [9.17, 15) is 27.8 Å². The van der Waals surface area contributed by atoms with Gasteiger partial charge in [-0.05, 0) is 35.6 Å². The zero-order valence-electron chi connectivity index (χ0n) is 19.3. The predicted molar refractivity (Wildman–Crippen MR) is 128 cm³/mol. The number of nitrogens with zero attached hydrogens (tertiary/aromatic N) is 2. The first-order valence-corrected chi connectivity index (χ1v) is 12.8. The van der Waals surface area contributed by atoms with E-state index < -0.39 is 40.4 Å². The third-order valence-electron chi connectivity index (χ3n) is 5.63. The van der Waals surface area contributed by atoms with E-state index in [1.54, 1.807) is 18.2 Å². The van der Waals surface area contributed by atoms with Crippen LogP contribution in [0.2, 0.25) is 0 Å². The molecular weight excluding hydrogens is 463 g/mol. The van der Waals surface area contributed by atoms with Crippen molar-refractivity contribution < 1.29 is 32.9 Å². The van der Waals surface area contributed by atoms with Crippen molar-refractivity contribution in [1.82, 2.24) is 4.98 Å². The van der Waals surface area contributed by atoms with E-state index in [1.165, 1.54) is 22.5 Å². The first kappa shape index (κ1) is 25.8. The maximum Gasteiger partial charge on any atom is 0.305 e. The molecule has 0 saturated heterocycles. The zero-order valence-corrected chi connectivity index (χ0v) is 20.1. The van der Waals surface area contributed by atoms with E-state index >= 15 is 0 Å². The molecule has 34 heavy (non-hydrogen) atoms. The number of sulfonamides is 1. The van der Waals surface area contributed by atoms with E-state index in [2.05, 4.69) is 0 Å². The van der Waals surface area contributed by atoms with E-state index in [-0.39, 0.29) is 18.9 Å². The van der Waals surface area contributed by atoms with Crippen molar-refractivity contribution in [2.45, 2.75) is 51.2 Å². The number of halogens is 1. The molecule has 0 bridgehead atoms. The number of fused-ring (bicyclic) bond motifs is 1. The molecule has 1 aromatic heterocycles. The van der Waals surface area contributed by atoms with Crippen LogP contribution in [-0.2, 0) is 21.2 Å². The topological polar surface area (TPSA) is 128 Å². The van der Waals surface area contributed by atoms with E-state index in [0.29, 0.717) is 40.2 Å². The number of pyridine rings is 1. The Bertz CT molecular complexity index is 1190. The number of aliphatic hydroxyl groups is 2. The molecule has 3 N–H and O–H groups in total. The number of carboxylic acid groups (broad SMARTS) is 1. The Balaban J connectivity index is 2.16. The van der Waals surface area contributed by atoms with Gasteiger partial charge in [0.25, 0.3) is 0 Å². The highest BCUT2D eigenvalue weighted by Gasteiger charge is 2.33. The molecule has 1 aliphatic rings. The SMILES string of the molecule is CC(C)c1nc2c(c(-c3ccc(F)cc3)c1/C=C/[C@@H](O)C[C@@H](O)CC(=O)O)CCN2S(C)(=O)=O. The summed E-state index contributed by atoms with van der Waals surface area (Å²) in [5.41, 5.74) is 3.35. The first-order valence-electron chi connectivity index (χ1n) is 10.9. The van der Waals surface area contributed by atoms with Crippen molar-refractivity contribution in [2.75, 3.05) is 17.1 Å². The summed E-state index contributed by atoms with van der Waals surface area (Å²) in [5, 5.41) is 29.0. The third kappa shape index (κ3) is 5.81. The molecule has 1 aliphatic heterocycles. The number of aromatic nitrogens is 1. The molecule has 3 rings (SSSR count). The first-order chi connectivity index (χ1) is 15.9. The quantitative estimate of drug-likeness (QED) is 0.491. The molecule has 2 atom stereocenters. The molecule has 0 amide bonds. The summed E-state index contributed by atoms with van der Waals surface area (Å²) in [5.74, 6) is -1.33. The van der Waals surface area contributed by atoms with Crippen LogP contribution in [-0.4, -0.2) is 59.7 Å². The van der Waals surface area contributed by atoms with Crippen LogP contribution in [0.1, 0.15) is 49.4 Å². The predicted octanol–water partition coefficient (Wildman–Crippen LogP) is 2.93. The normalized spacial score (nSPS) is 15.7. The molecule has 1 aromatic carbocycles. The summed E-state index contributed by atoms with van der Waals surface area (Å²) in [6.07, 6.45) is 1.69. The zero-order chi connectivity index (χ0) is 25.2. The molecule has 10 heteroatoms. The summed E-state index contributed by atoms with van der Waals surface area (Å²) >= 11 is 0. The lowest BCUT2D eigenvalue weighted by Gasteiger charge is -2.22. The number of benzene rings is 1. The Labute approximate surface area is 198 Å². The second-order valence-electron chi connectivity index (χ2n) is 8.75. The van der Waals surface area contributed by atoms with Crippen LogP contribution in [0.25, 0.3) is 17.2 Å². The van der Waals surface area contributed by atoms with E-state index in [4.69, 9.17) is 10.1 Å². The number of aliphatic hydroxyl groups excluding tert-OH is 2. The smallest absolute Gasteiger partial charge is 0.305 e. The third-order valence-corrected chi connectivity index (χ3v) is 6.79. The number of anilines is 1. The van der Waals surface area contributed by atoms with Gasteiger partial charge >= 0.3 is 5.97 Å². The van der Waals surface area contributed by atoms with Gasteiger partial charge in [-0.25, -0.2) is 17.8 Å². The number of rotatable bonds is 9. The van der Waals surface area contributed by atoms with Crippen LogP contribution in [0.5, 0.6) is 0 Å². The fraction of sp³-hybridized carbons (Fsp3) is 0.417. The second-order valence-corrected chi connectivity index (χ2v) is 10.7. The molecular formula is C24H29FN2O6S. The van der Waals surface area contributed by atoms with E-state index in [1.807, 2.05) is 13.8 Å². The number of hydrogen-bond acceptors (Lipinski definition) is 6.